The number of amides is 1. The van der Waals surface area contributed by atoms with Gasteiger partial charge in [0.1, 0.15) is 11.5 Å². The molecule has 1 aromatic heterocycles. The highest BCUT2D eigenvalue weighted by atomic mass is 19.1. The number of nitrogens with zero attached hydrogens (tertiary/aromatic N) is 4. The number of piperazine rings is 1. The highest BCUT2D eigenvalue weighted by Crippen LogP contribution is 2.27. The fourth-order valence-corrected chi connectivity index (χ4v) is 4.70. The molecule has 178 valence electrons. The summed E-state index contributed by atoms with van der Waals surface area (Å²) in [4.78, 5) is 18.0. The van der Waals surface area contributed by atoms with Crippen molar-refractivity contribution in [3.8, 4) is 16.9 Å². The summed E-state index contributed by atoms with van der Waals surface area (Å²) < 4.78 is 16.3. The van der Waals surface area contributed by atoms with E-state index in [1.807, 2.05) is 49.1 Å². The average Bonchev–Trinajstić information content (AvgIpc) is 3.31. The summed E-state index contributed by atoms with van der Waals surface area (Å²) in [6, 6.07) is 22.7. The molecule has 1 aliphatic rings. The normalized spacial score (nSPS) is 13.8. The standard InChI is InChI=1S/C29H29FN4O/c1-20-12-13-22(3)27(18-20)34-28(19-25(31-34)23-9-5-6-10-24(23)30)29(35)33-16-14-32(15-17-33)26-11-7-4-8-21(26)2/h4-13,18-19H,14-17H2,1-3H3. The van der Waals surface area contributed by atoms with Crippen LogP contribution in [0.3, 0.4) is 0 Å². The van der Waals surface area contributed by atoms with Crippen molar-refractivity contribution in [2.45, 2.75) is 20.8 Å². The number of aromatic nitrogens is 2. The molecule has 2 heterocycles. The average molecular weight is 469 g/mol. The molecule has 0 N–H and O–H groups in total. The molecule has 0 atom stereocenters. The Bertz CT molecular complexity index is 1390. The van der Waals surface area contributed by atoms with Gasteiger partial charge < -0.3 is 9.80 Å². The monoisotopic (exact) mass is 468 g/mol. The molecule has 35 heavy (non-hydrogen) atoms. The first-order chi connectivity index (χ1) is 16.9. The van der Waals surface area contributed by atoms with Gasteiger partial charge in [-0.2, -0.15) is 5.10 Å². The minimum Gasteiger partial charge on any atom is -0.368 e. The molecular formula is C29H29FN4O. The molecule has 0 saturated carbocycles. The zero-order valence-electron chi connectivity index (χ0n) is 20.3. The van der Waals surface area contributed by atoms with Gasteiger partial charge in [0.2, 0.25) is 0 Å². The Morgan fingerprint density at radius 1 is 0.800 bits per heavy atom. The largest absolute Gasteiger partial charge is 0.368 e. The van der Waals surface area contributed by atoms with Crippen molar-refractivity contribution in [2.24, 2.45) is 0 Å². The van der Waals surface area contributed by atoms with Crippen LogP contribution in [0, 0.1) is 26.6 Å². The van der Waals surface area contributed by atoms with Crippen LogP contribution in [-0.2, 0) is 0 Å². The van der Waals surface area contributed by atoms with Gasteiger partial charge in [0.15, 0.2) is 0 Å². The lowest BCUT2D eigenvalue weighted by Gasteiger charge is -2.36. The Hall–Kier alpha value is -3.93. The van der Waals surface area contributed by atoms with Crippen molar-refractivity contribution in [1.29, 1.82) is 0 Å². The SMILES string of the molecule is Cc1ccc(C)c(-n2nc(-c3ccccc3F)cc2C(=O)N2CCN(c3ccccc3C)CC2)c1. The van der Waals surface area contributed by atoms with Crippen molar-refractivity contribution in [1.82, 2.24) is 14.7 Å². The van der Waals surface area contributed by atoms with Crippen LogP contribution in [0.1, 0.15) is 27.2 Å². The van der Waals surface area contributed by atoms with Crippen LogP contribution in [0.4, 0.5) is 10.1 Å². The Labute approximate surface area is 205 Å². The van der Waals surface area contributed by atoms with Crippen LogP contribution in [0.15, 0.2) is 72.8 Å². The van der Waals surface area contributed by atoms with Gasteiger partial charge in [-0.15, -0.1) is 0 Å². The lowest BCUT2D eigenvalue weighted by Crippen LogP contribution is -2.49. The maximum absolute atomic E-state index is 14.6. The minimum atomic E-state index is -0.357. The van der Waals surface area contributed by atoms with Crippen molar-refractivity contribution < 1.29 is 9.18 Å². The molecule has 3 aromatic carbocycles. The van der Waals surface area contributed by atoms with Gasteiger partial charge in [-0.25, -0.2) is 9.07 Å². The number of aryl methyl sites for hydroxylation is 3. The lowest BCUT2D eigenvalue weighted by atomic mass is 10.1. The Balaban J connectivity index is 1.49. The van der Waals surface area contributed by atoms with Gasteiger partial charge in [0, 0.05) is 37.4 Å². The molecular weight excluding hydrogens is 439 g/mol. The van der Waals surface area contributed by atoms with Gasteiger partial charge in [0.25, 0.3) is 5.91 Å². The summed E-state index contributed by atoms with van der Waals surface area (Å²) in [6.07, 6.45) is 0. The number of carbonyl (C=O) groups is 1. The van der Waals surface area contributed by atoms with E-state index in [4.69, 9.17) is 5.10 Å². The number of benzene rings is 3. The second-order valence-electron chi connectivity index (χ2n) is 9.16. The van der Waals surface area contributed by atoms with Gasteiger partial charge >= 0.3 is 0 Å². The van der Waals surface area contributed by atoms with E-state index >= 15 is 0 Å². The zero-order valence-corrected chi connectivity index (χ0v) is 20.3. The highest BCUT2D eigenvalue weighted by Gasteiger charge is 2.27. The van der Waals surface area contributed by atoms with E-state index < -0.39 is 0 Å². The maximum Gasteiger partial charge on any atom is 0.272 e. The Morgan fingerprint density at radius 2 is 1.49 bits per heavy atom. The summed E-state index contributed by atoms with van der Waals surface area (Å²) in [5.74, 6) is -0.450. The third kappa shape index (κ3) is 4.44. The van der Waals surface area contributed by atoms with Crippen LogP contribution in [0.2, 0.25) is 0 Å². The minimum absolute atomic E-state index is 0.0922. The third-order valence-corrected chi connectivity index (χ3v) is 6.69. The first kappa shape index (κ1) is 22.8. The van der Waals surface area contributed by atoms with Gasteiger partial charge in [-0.3, -0.25) is 4.79 Å². The number of anilines is 1. The molecule has 0 aliphatic carbocycles. The van der Waals surface area contributed by atoms with E-state index in [2.05, 4.69) is 24.0 Å². The van der Waals surface area contributed by atoms with Gasteiger partial charge in [0.05, 0.1) is 11.4 Å². The van der Waals surface area contributed by atoms with E-state index in [0.717, 1.165) is 29.9 Å². The summed E-state index contributed by atoms with van der Waals surface area (Å²) in [6.45, 7) is 8.86. The molecule has 0 bridgehead atoms. The first-order valence-electron chi connectivity index (χ1n) is 11.9. The molecule has 6 heteroatoms. The predicted molar refractivity (Wildman–Crippen MR) is 138 cm³/mol. The molecule has 5 rings (SSSR count). The van der Waals surface area contributed by atoms with Crippen LogP contribution >= 0.6 is 0 Å². The molecule has 4 aromatic rings. The van der Waals surface area contributed by atoms with Crippen LogP contribution in [-0.4, -0.2) is 46.8 Å². The second kappa shape index (κ2) is 9.37. The molecule has 1 amide bonds. The quantitative estimate of drug-likeness (QED) is 0.393. The molecule has 5 nitrogen and oxygen atoms in total. The predicted octanol–water partition coefficient (Wildman–Crippen LogP) is 5.57. The summed E-state index contributed by atoms with van der Waals surface area (Å²) >= 11 is 0. The van der Waals surface area contributed by atoms with E-state index in [1.165, 1.54) is 17.3 Å². The number of hydrogen-bond donors (Lipinski definition) is 0. The molecule has 1 saturated heterocycles. The van der Waals surface area contributed by atoms with Crippen LogP contribution in [0.5, 0.6) is 0 Å². The van der Waals surface area contributed by atoms with E-state index in [0.29, 0.717) is 30.0 Å². The molecule has 0 unspecified atom stereocenters. The lowest BCUT2D eigenvalue weighted by molar-refractivity contribution is 0.0737. The molecule has 0 radical (unpaired) electrons. The van der Waals surface area contributed by atoms with Crippen molar-refractivity contribution in [3.63, 3.8) is 0 Å². The second-order valence-corrected chi connectivity index (χ2v) is 9.16. The van der Waals surface area contributed by atoms with Crippen molar-refractivity contribution in [2.75, 3.05) is 31.1 Å². The molecule has 0 spiro atoms. The van der Waals surface area contributed by atoms with Gasteiger partial charge in [-0.05, 0) is 67.8 Å². The third-order valence-electron chi connectivity index (χ3n) is 6.69. The molecule has 1 aliphatic heterocycles. The summed E-state index contributed by atoms with van der Waals surface area (Å²) in [7, 11) is 0. The van der Waals surface area contributed by atoms with Crippen molar-refractivity contribution >= 4 is 11.6 Å². The molecule has 1 fully saturated rings. The van der Waals surface area contributed by atoms with E-state index in [-0.39, 0.29) is 11.7 Å². The van der Waals surface area contributed by atoms with E-state index in [9.17, 15) is 9.18 Å². The Kier molecular flexibility index (Phi) is 6.12. The number of rotatable bonds is 4. The number of para-hydroxylation sites is 1. The first-order valence-corrected chi connectivity index (χ1v) is 11.9. The van der Waals surface area contributed by atoms with Crippen LogP contribution < -0.4 is 4.90 Å². The smallest absolute Gasteiger partial charge is 0.272 e. The summed E-state index contributed by atoms with van der Waals surface area (Å²) in [5.41, 5.74) is 6.62. The summed E-state index contributed by atoms with van der Waals surface area (Å²) in [5, 5.41) is 4.72. The Morgan fingerprint density at radius 3 is 2.23 bits per heavy atom. The zero-order chi connectivity index (χ0) is 24.5. The van der Waals surface area contributed by atoms with Gasteiger partial charge in [-0.1, -0.05) is 42.5 Å². The number of halogens is 1. The van der Waals surface area contributed by atoms with Crippen LogP contribution in [0.25, 0.3) is 16.9 Å². The fourth-order valence-electron chi connectivity index (χ4n) is 4.70. The number of carbonyl (C=O) groups excluding carboxylic acids is 1. The van der Waals surface area contributed by atoms with E-state index in [1.54, 1.807) is 28.9 Å². The number of hydrogen-bond acceptors (Lipinski definition) is 3. The maximum atomic E-state index is 14.6. The fraction of sp³-hybridized carbons (Fsp3) is 0.241. The van der Waals surface area contributed by atoms with Crippen molar-refractivity contribution in [3.05, 3.63) is 101 Å². The highest BCUT2D eigenvalue weighted by molar-refractivity contribution is 5.94. The topological polar surface area (TPSA) is 41.4 Å².